The molecule has 0 aromatic heterocycles. The molecular formula is C14H16N2O4S. The number of carboxylic acids is 1. The quantitative estimate of drug-likeness (QED) is 0.827. The summed E-state index contributed by atoms with van der Waals surface area (Å²) < 4.78 is 10.8. The Labute approximate surface area is 127 Å². The zero-order chi connectivity index (χ0) is 15.2. The molecule has 21 heavy (non-hydrogen) atoms. The van der Waals surface area contributed by atoms with Crippen molar-refractivity contribution in [1.82, 2.24) is 5.32 Å². The van der Waals surface area contributed by atoms with Crippen LogP contribution in [0.1, 0.15) is 17.9 Å². The van der Waals surface area contributed by atoms with Gasteiger partial charge in [-0.05, 0) is 24.6 Å². The summed E-state index contributed by atoms with van der Waals surface area (Å²) in [4.78, 5) is 11.0. The van der Waals surface area contributed by atoms with E-state index in [0.717, 1.165) is 5.56 Å². The summed E-state index contributed by atoms with van der Waals surface area (Å²) in [6.45, 7) is 2.30. The molecule has 1 heterocycles. The zero-order valence-electron chi connectivity index (χ0n) is 11.5. The molecule has 0 saturated carbocycles. The maximum absolute atomic E-state index is 11.0. The molecule has 2 N–H and O–H groups in total. The van der Waals surface area contributed by atoms with Gasteiger partial charge in [0, 0.05) is 5.75 Å². The Morgan fingerprint density at radius 2 is 2.33 bits per heavy atom. The molecule has 0 bridgehead atoms. The van der Waals surface area contributed by atoms with E-state index >= 15 is 0 Å². The monoisotopic (exact) mass is 308 g/mol. The number of thioether (sulfide) groups is 1. The summed E-state index contributed by atoms with van der Waals surface area (Å²) in [5, 5.41) is 20.5. The van der Waals surface area contributed by atoms with E-state index in [1.165, 1.54) is 0 Å². The minimum absolute atomic E-state index is 0.0447. The van der Waals surface area contributed by atoms with Gasteiger partial charge in [-0.25, -0.2) is 0 Å². The molecule has 1 aliphatic rings. The Kier molecular flexibility index (Phi) is 5.31. The van der Waals surface area contributed by atoms with Crippen molar-refractivity contribution in [2.45, 2.75) is 18.3 Å². The molecule has 0 unspecified atom stereocenters. The van der Waals surface area contributed by atoms with Crippen LogP contribution in [0.3, 0.4) is 0 Å². The number of hydrogen-bond acceptors (Lipinski definition) is 6. The van der Waals surface area contributed by atoms with Gasteiger partial charge in [-0.1, -0.05) is 6.07 Å². The molecule has 112 valence electrons. The van der Waals surface area contributed by atoms with Crippen molar-refractivity contribution < 1.29 is 19.4 Å². The molecule has 0 amide bonds. The van der Waals surface area contributed by atoms with Crippen molar-refractivity contribution in [1.29, 1.82) is 5.26 Å². The Bertz CT molecular complexity index is 558. The number of rotatable bonds is 6. The first-order chi connectivity index (χ1) is 10.2. The third-order valence-corrected chi connectivity index (χ3v) is 4.21. The number of benzene rings is 1. The Balaban J connectivity index is 2.16. The van der Waals surface area contributed by atoms with E-state index in [1.54, 1.807) is 17.8 Å². The normalized spacial score (nSPS) is 20.8. The van der Waals surface area contributed by atoms with Crippen molar-refractivity contribution in [2.75, 3.05) is 19.0 Å². The third-order valence-electron chi connectivity index (χ3n) is 2.94. The van der Waals surface area contributed by atoms with Crippen molar-refractivity contribution in [3.05, 3.63) is 23.8 Å². The summed E-state index contributed by atoms with van der Waals surface area (Å²) in [5.74, 6) is 0.756. The number of nitrogens with zero attached hydrogens (tertiary/aromatic N) is 1. The van der Waals surface area contributed by atoms with E-state index in [1.807, 2.05) is 25.1 Å². The summed E-state index contributed by atoms with van der Waals surface area (Å²) in [5.41, 5.74) is 0.927. The molecule has 0 radical (unpaired) electrons. The average molecular weight is 308 g/mol. The van der Waals surface area contributed by atoms with Crippen molar-refractivity contribution >= 4 is 17.7 Å². The van der Waals surface area contributed by atoms with Gasteiger partial charge in [-0.15, -0.1) is 11.8 Å². The number of ether oxygens (including phenoxy) is 2. The summed E-state index contributed by atoms with van der Waals surface area (Å²) in [7, 11) is 0. The van der Waals surface area contributed by atoms with E-state index in [-0.39, 0.29) is 12.0 Å². The van der Waals surface area contributed by atoms with Crippen molar-refractivity contribution in [3.8, 4) is 17.6 Å². The summed E-state index contributed by atoms with van der Waals surface area (Å²) in [6, 6.07) is 6.80. The van der Waals surface area contributed by atoms with Crippen LogP contribution < -0.4 is 14.8 Å². The SMILES string of the molecule is CCOc1cc([C@@H]2N[C@H](C(=O)O)CS2)ccc1OCC#N. The van der Waals surface area contributed by atoms with E-state index in [9.17, 15) is 4.79 Å². The van der Waals surface area contributed by atoms with Gasteiger partial charge >= 0.3 is 5.97 Å². The van der Waals surface area contributed by atoms with Crippen LogP contribution >= 0.6 is 11.8 Å². The molecule has 1 aromatic rings. The number of carbonyl (C=O) groups is 1. The standard InChI is InChI=1S/C14H16N2O4S/c1-2-19-12-7-9(3-4-11(12)20-6-5-15)13-16-10(8-21-13)14(17)18/h3-4,7,10,13,16H,2,6,8H2,1H3,(H,17,18)/t10-,13+/m0/s1. The van der Waals surface area contributed by atoms with Crippen molar-refractivity contribution in [2.24, 2.45) is 0 Å². The largest absolute Gasteiger partial charge is 0.490 e. The van der Waals surface area contributed by atoms with Crippen LogP contribution in [0.15, 0.2) is 18.2 Å². The molecule has 6 nitrogen and oxygen atoms in total. The lowest BCUT2D eigenvalue weighted by atomic mass is 10.2. The average Bonchev–Trinajstić information content (AvgIpc) is 2.96. The number of nitriles is 1. The fourth-order valence-electron chi connectivity index (χ4n) is 1.99. The second kappa shape index (κ2) is 7.20. The molecule has 1 aliphatic heterocycles. The van der Waals surface area contributed by atoms with Crippen LogP contribution in [0.4, 0.5) is 0 Å². The lowest BCUT2D eigenvalue weighted by Gasteiger charge is -2.15. The van der Waals surface area contributed by atoms with E-state index in [4.69, 9.17) is 19.8 Å². The van der Waals surface area contributed by atoms with Crippen LogP contribution in [-0.2, 0) is 4.79 Å². The van der Waals surface area contributed by atoms with Crippen LogP contribution in [-0.4, -0.2) is 36.1 Å². The number of nitrogens with one attached hydrogen (secondary N) is 1. The number of aliphatic carboxylic acids is 1. The first-order valence-corrected chi connectivity index (χ1v) is 7.57. The highest BCUT2D eigenvalue weighted by Crippen LogP contribution is 2.37. The van der Waals surface area contributed by atoms with E-state index < -0.39 is 12.0 Å². The minimum atomic E-state index is -0.844. The summed E-state index contributed by atoms with van der Waals surface area (Å²) >= 11 is 1.54. The van der Waals surface area contributed by atoms with E-state index in [0.29, 0.717) is 23.9 Å². The van der Waals surface area contributed by atoms with Gasteiger partial charge in [-0.2, -0.15) is 5.26 Å². The number of hydrogen-bond donors (Lipinski definition) is 2. The molecule has 1 aromatic carbocycles. The zero-order valence-corrected chi connectivity index (χ0v) is 12.4. The predicted molar refractivity (Wildman–Crippen MR) is 78.5 cm³/mol. The third kappa shape index (κ3) is 3.80. The molecule has 2 atom stereocenters. The van der Waals surface area contributed by atoms with Gasteiger partial charge in [0.05, 0.1) is 12.0 Å². The highest BCUT2D eigenvalue weighted by molar-refractivity contribution is 7.99. The molecule has 7 heteroatoms. The van der Waals surface area contributed by atoms with Crippen LogP contribution in [0, 0.1) is 11.3 Å². The topological polar surface area (TPSA) is 91.6 Å². The summed E-state index contributed by atoms with van der Waals surface area (Å²) in [6.07, 6.45) is 0. The highest BCUT2D eigenvalue weighted by Gasteiger charge is 2.30. The van der Waals surface area contributed by atoms with Crippen molar-refractivity contribution in [3.63, 3.8) is 0 Å². The second-order valence-electron chi connectivity index (χ2n) is 4.36. The van der Waals surface area contributed by atoms with Gasteiger partial charge in [-0.3, -0.25) is 10.1 Å². The first kappa shape index (κ1) is 15.5. The maximum atomic E-state index is 11.0. The van der Waals surface area contributed by atoms with Gasteiger partial charge in [0.2, 0.25) is 0 Å². The smallest absolute Gasteiger partial charge is 0.321 e. The van der Waals surface area contributed by atoms with Crippen LogP contribution in [0.25, 0.3) is 0 Å². The van der Waals surface area contributed by atoms with Gasteiger partial charge in [0.1, 0.15) is 12.1 Å². The maximum Gasteiger partial charge on any atom is 0.321 e. The first-order valence-electron chi connectivity index (χ1n) is 6.52. The highest BCUT2D eigenvalue weighted by atomic mass is 32.2. The van der Waals surface area contributed by atoms with Gasteiger partial charge < -0.3 is 14.6 Å². The molecule has 0 aliphatic carbocycles. The molecule has 1 saturated heterocycles. The minimum Gasteiger partial charge on any atom is -0.490 e. The predicted octanol–water partition coefficient (Wildman–Crippen LogP) is 1.78. The van der Waals surface area contributed by atoms with Crippen LogP contribution in [0.2, 0.25) is 0 Å². The van der Waals surface area contributed by atoms with Gasteiger partial charge in [0.25, 0.3) is 0 Å². The fraction of sp³-hybridized carbons (Fsp3) is 0.429. The molecule has 2 rings (SSSR count). The lowest BCUT2D eigenvalue weighted by molar-refractivity contribution is -0.138. The number of carboxylic acid groups (broad SMARTS) is 1. The second-order valence-corrected chi connectivity index (χ2v) is 5.49. The van der Waals surface area contributed by atoms with E-state index in [2.05, 4.69) is 5.32 Å². The fourth-order valence-corrected chi connectivity index (χ4v) is 3.21. The molecule has 0 spiro atoms. The van der Waals surface area contributed by atoms with Crippen LogP contribution in [0.5, 0.6) is 11.5 Å². The van der Waals surface area contributed by atoms with Gasteiger partial charge in [0.15, 0.2) is 18.1 Å². The molecular weight excluding hydrogens is 292 g/mol. The molecule has 1 fully saturated rings. The Hall–Kier alpha value is -1.91. The Morgan fingerprint density at radius 3 is 2.95 bits per heavy atom. The lowest BCUT2D eigenvalue weighted by Crippen LogP contribution is -2.33. The Morgan fingerprint density at radius 1 is 1.52 bits per heavy atom.